The lowest BCUT2D eigenvalue weighted by Gasteiger charge is -2.02. The average Bonchev–Trinajstić information content (AvgIpc) is 2.89. The second-order valence-corrected chi connectivity index (χ2v) is 6.13. The molecule has 3 rings (SSSR count). The molecule has 25 heavy (non-hydrogen) atoms. The fraction of sp³-hybridized carbons (Fsp3) is 0.118. The number of carbonyl (C=O) groups excluding carboxylic acids is 1. The summed E-state index contributed by atoms with van der Waals surface area (Å²) in [7, 11) is 0. The van der Waals surface area contributed by atoms with Crippen LogP contribution in [-0.4, -0.2) is 22.0 Å². The molecule has 0 atom stereocenters. The van der Waals surface area contributed by atoms with Crippen molar-refractivity contribution in [2.24, 2.45) is 0 Å². The van der Waals surface area contributed by atoms with Gasteiger partial charge in [0.05, 0.1) is 4.70 Å². The number of aryl methyl sites for hydroxylation is 1. The van der Waals surface area contributed by atoms with Gasteiger partial charge in [0, 0.05) is 18.6 Å². The summed E-state index contributed by atoms with van der Waals surface area (Å²) in [5.74, 6) is -2.57. The zero-order valence-electron chi connectivity index (χ0n) is 13.3. The molecule has 0 radical (unpaired) electrons. The summed E-state index contributed by atoms with van der Waals surface area (Å²) in [6.07, 6.45) is 0. The summed E-state index contributed by atoms with van der Waals surface area (Å²) < 4.78 is 27.0. The van der Waals surface area contributed by atoms with E-state index in [2.05, 4.69) is 10.3 Å². The normalized spacial score (nSPS) is 10.1. The van der Waals surface area contributed by atoms with Gasteiger partial charge < -0.3 is 5.11 Å². The maximum atomic E-state index is 13.6. The van der Waals surface area contributed by atoms with Crippen LogP contribution >= 0.6 is 11.3 Å². The molecule has 0 saturated heterocycles. The zero-order valence-corrected chi connectivity index (χ0v) is 14.2. The van der Waals surface area contributed by atoms with Crippen LogP contribution < -0.4 is 5.32 Å². The number of aromatic nitrogens is 1. The maximum Gasteiger partial charge on any atom is 0.300 e. The van der Waals surface area contributed by atoms with Crippen molar-refractivity contribution in [3.05, 3.63) is 59.2 Å². The van der Waals surface area contributed by atoms with Gasteiger partial charge in [-0.2, -0.15) is 0 Å². The van der Waals surface area contributed by atoms with Crippen molar-refractivity contribution in [3.8, 4) is 0 Å². The molecule has 0 aliphatic carbocycles. The Morgan fingerprint density at radius 1 is 1.20 bits per heavy atom. The van der Waals surface area contributed by atoms with Crippen LogP contribution in [0.1, 0.15) is 22.8 Å². The zero-order chi connectivity index (χ0) is 18.6. The first-order valence-electron chi connectivity index (χ1n) is 7.09. The Morgan fingerprint density at radius 2 is 1.88 bits per heavy atom. The molecule has 0 bridgehead atoms. The van der Waals surface area contributed by atoms with Gasteiger partial charge >= 0.3 is 0 Å². The second kappa shape index (κ2) is 7.80. The molecular formula is C17H14F2N2O3S. The first-order chi connectivity index (χ1) is 11.8. The van der Waals surface area contributed by atoms with Crippen molar-refractivity contribution >= 4 is 38.6 Å². The number of nitrogens with zero attached hydrogens (tertiary/aromatic N) is 1. The van der Waals surface area contributed by atoms with E-state index in [1.165, 1.54) is 6.07 Å². The van der Waals surface area contributed by atoms with Gasteiger partial charge in [0.25, 0.3) is 11.9 Å². The van der Waals surface area contributed by atoms with Crippen LogP contribution in [0.5, 0.6) is 0 Å². The number of amides is 1. The number of carbonyl (C=O) groups is 2. The number of halogens is 2. The largest absolute Gasteiger partial charge is 0.481 e. The molecule has 0 spiro atoms. The molecule has 2 aromatic carbocycles. The van der Waals surface area contributed by atoms with Crippen LogP contribution in [0.4, 0.5) is 13.9 Å². The van der Waals surface area contributed by atoms with Crippen molar-refractivity contribution in [2.75, 3.05) is 5.32 Å². The number of aliphatic carboxylic acids is 1. The predicted molar refractivity (Wildman–Crippen MR) is 92.0 cm³/mol. The monoisotopic (exact) mass is 364 g/mol. The second-order valence-electron chi connectivity index (χ2n) is 5.10. The van der Waals surface area contributed by atoms with E-state index in [-0.39, 0.29) is 16.6 Å². The molecule has 0 fully saturated rings. The van der Waals surface area contributed by atoms with E-state index in [1.807, 2.05) is 13.0 Å². The summed E-state index contributed by atoms with van der Waals surface area (Å²) in [6.45, 7) is 2.96. The molecule has 1 heterocycles. The van der Waals surface area contributed by atoms with Crippen LogP contribution in [0.15, 0.2) is 36.4 Å². The van der Waals surface area contributed by atoms with Crippen molar-refractivity contribution in [3.63, 3.8) is 0 Å². The summed E-state index contributed by atoms with van der Waals surface area (Å²) in [5, 5.41) is 10.3. The lowest BCUT2D eigenvalue weighted by Crippen LogP contribution is -2.11. The molecule has 0 unspecified atom stereocenters. The van der Waals surface area contributed by atoms with E-state index in [9.17, 15) is 13.6 Å². The molecular weight excluding hydrogens is 350 g/mol. The van der Waals surface area contributed by atoms with Gasteiger partial charge in [-0.3, -0.25) is 14.9 Å². The van der Waals surface area contributed by atoms with Gasteiger partial charge in [0.2, 0.25) is 0 Å². The van der Waals surface area contributed by atoms with E-state index in [0.29, 0.717) is 10.3 Å². The molecule has 1 aromatic heterocycles. The van der Waals surface area contributed by atoms with Gasteiger partial charge in [0.1, 0.15) is 11.3 Å². The minimum Gasteiger partial charge on any atom is -0.481 e. The third-order valence-corrected chi connectivity index (χ3v) is 3.83. The summed E-state index contributed by atoms with van der Waals surface area (Å²) >= 11 is 1.03. The molecule has 0 saturated carbocycles. The van der Waals surface area contributed by atoms with E-state index >= 15 is 0 Å². The first-order valence-corrected chi connectivity index (χ1v) is 7.91. The molecule has 0 aliphatic heterocycles. The highest BCUT2D eigenvalue weighted by atomic mass is 32.1. The number of nitrogens with one attached hydrogen (secondary N) is 1. The average molecular weight is 364 g/mol. The number of fused-ring (bicyclic) bond motifs is 1. The van der Waals surface area contributed by atoms with Crippen molar-refractivity contribution < 1.29 is 23.5 Å². The third-order valence-electron chi connectivity index (χ3n) is 2.91. The topological polar surface area (TPSA) is 79.3 Å². The molecule has 130 valence electrons. The first kappa shape index (κ1) is 18.5. The number of rotatable bonds is 2. The van der Waals surface area contributed by atoms with Gasteiger partial charge in [0.15, 0.2) is 10.9 Å². The number of carboxylic acid groups (broad SMARTS) is 1. The quantitative estimate of drug-likeness (QED) is 0.713. The minimum absolute atomic E-state index is 0.0564. The number of hydrogen-bond donors (Lipinski definition) is 2. The molecule has 5 nitrogen and oxygen atoms in total. The lowest BCUT2D eigenvalue weighted by molar-refractivity contribution is -0.134. The number of benzene rings is 2. The van der Waals surface area contributed by atoms with Crippen LogP contribution in [0.25, 0.3) is 10.2 Å². The Morgan fingerprint density at radius 3 is 2.52 bits per heavy atom. The third kappa shape index (κ3) is 5.05. The van der Waals surface area contributed by atoms with Crippen molar-refractivity contribution in [2.45, 2.75) is 13.8 Å². The van der Waals surface area contributed by atoms with E-state index in [1.54, 1.807) is 18.2 Å². The Labute approximate surface area is 145 Å². The summed E-state index contributed by atoms with van der Waals surface area (Å²) in [5.41, 5.74) is 1.50. The highest BCUT2D eigenvalue weighted by molar-refractivity contribution is 7.22. The Hall–Kier alpha value is -2.87. The molecule has 8 heteroatoms. The number of thiazole rings is 1. The SMILES string of the molecule is CC(=O)O.Cc1cccc(C(=O)Nc2nc3c(F)cc(F)cc3s2)c1. The highest BCUT2D eigenvalue weighted by Crippen LogP contribution is 2.28. The molecule has 1 amide bonds. The molecule has 0 aliphatic rings. The fourth-order valence-corrected chi connectivity index (χ4v) is 2.87. The Bertz CT molecular complexity index is 937. The Balaban J connectivity index is 0.000000511. The summed E-state index contributed by atoms with van der Waals surface area (Å²) in [4.78, 5) is 25.1. The smallest absolute Gasteiger partial charge is 0.300 e. The van der Waals surface area contributed by atoms with Crippen LogP contribution in [0, 0.1) is 18.6 Å². The van der Waals surface area contributed by atoms with Crippen molar-refractivity contribution in [1.29, 1.82) is 0 Å². The van der Waals surface area contributed by atoms with Crippen LogP contribution in [-0.2, 0) is 4.79 Å². The standard InChI is InChI=1S/C15H10F2N2OS.C2H4O2/c1-8-3-2-4-9(5-8)14(20)19-15-18-13-11(17)6-10(16)7-12(13)21-15;1-2(3)4/h2-7H,1H3,(H,18,19,20);1H3,(H,3,4). The minimum atomic E-state index is -0.833. The number of hydrogen-bond acceptors (Lipinski definition) is 4. The molecule has 3 aromatic rings. The summed E-state index contributed by atoms with van der Waals surface area (Å²) in [6, 6.07) is 9.04. The molecule has 2 N–H and O–H groups in total. The van der Waals surface area contributed by atoms with E-state index in [4.69, 9.17) is 9.90 Å². The number of carboxylic acids is 1. The van der Waals surface area contributed by atoms with Gasteiger partial charge in [-0.15, -0.1) is 0 Å². The lowest BCUT2D eigenvalue weighted by atomic mass is 10.1. The van der Waals surface area contributed by atoms with Gasteiger partial charge in [-0.1, -0.05) is 29.0 Å². The Kier molecular flexibility index (Phi) is 5.76. The highest BCUT2D eigenvalue weighted by Gasteiger charge is 2.13. The predicted octanol–water partition coefficient (Wildman–Crippen LogP) is 4.23. The number of anilines is 1. The van der Waals surface area contributed by atoms with E-state index in [0.717, 1.165) is 29.9 Å². The van der Waals surface area contributed by atoms with Gasteiger partial charge in [-0.25, -0.2) is 13.8 Å². The van der Waals surface area contributed by atoms with E-state index < -0.39 is 17.6 Å². The van der Waals surface area contributed by atoms with Crippen LogP contribution in [0.3, 0.4) is 0 Å². The maximum absolute atomic E-state index is 13.6. The van der Waals surface area contributed by atoms with Crippen LogP contribution in [0.2, 0.25) is 0 Å². The van der Waals surface area contributed by atoms with Crippen molar-refractivity contribution in [1.82, 2.24) is 4.98 Å². The fourth-order valence-electron chi connectivity index (χ4n) is 1.97. The van der Waals surface area contributed by atoms with Gasteiger partial charge in [-0.05, 0) is 25.1 Å².